The van der Waals surface area contributed by atoms with Gasteiger partial charge in [0.05, 0.1) is 87.7 Å². The van der Waals surface area contributed by atoms with E-state index in [0.29, 0.717) is 0 Å². The van der Waals surface area contributed by atoms with E-state index in [4.69, 9.17) is 25.0 Å². The molecule has 0 amide bonds. The molecule has 0 aliphatic rings. The van der Waals surface area contributed by atoms with Crippen LogP contribution in [0.15, 0.2) is 23.1 Å². The Kier molecular flexibility index (Phi) is 46.4. The summed E-state index contributed by atoms with van der Waals surface area (Å²) in [6.07, 6.45) is 35.9. The molecule has 58 heavy (non-hydrogen) atoms. The maximum absolute atomic E-state index is 10.9. The zero-order valence-electron chi connectivity index (χ0n) is 38.0. The van der Waals surface area contributed by atoms with Crippen LogP contribution in [0, 0.1) is 0 Å². The fourth-order valence-electron chi connectivity index (χ4n) is 6.43. The number of carbonyl (C=O) groups is 2. The van der Waals surface area contributed by atoms with E-state index in [0.717, 1.165) is 18.2 Å². The second kappa shape index (κ2) is 42.5. The summed E-state index contributed by atoms with van der Waals surface area (Å²) in [5.41, 5.74) is -1.88. The summed E-state index contributed by atoms with van der Waals surface area (Å²) in [6, 6.07) is 2.58. The smallest absolute Gasteiger partial charge is 0.295 e. The van der Waals surface area contributed by atoms with E-state index in [-0.39, 0.29) is 26.4 Å². The van der Waals surface area contributed by atoms with Gasteiger partial charge in [0.2, 0.25) is 0 Å². The highest BCUT2D eigenvalue weighted by Gasteiger charge is 2.35. The van der Waals surface area contributed by atoms with Crippen molar-refractivity contribution in [3.63, 3.8) is 0 Å². The topological polar surface area (TPSA) is 216 Å². The number of aromatic carboxylic acids is 2. The second-order valence-electron chi connectivity index (χ2n) is 14.9. The molecule has 0 saturated carbocycles. The van der Waals surface area contributed by atoms with Gasteiger partial charge in [0.15, 0.2) is 0 Å². The molecule has 0 unspecified atom stereocenters. The first-order valence-electron chi connectivity index (χ1n) is 22.2. The number of aliphatic hydroxyl groups excluding tert-OH is 4. The summed E-state index contributed by atoms with van der Waals surface area (Å²) in [6.45, 7) is 18.3. The van der Waals surface area contributed by atoms with Crippen molar-refractivity contribution in [1.29, 1.82) is 0 Å². The quantitative estimate of drug-likeness (QED) is 0.0384. The Morgan fingerprint density at radius 3 is 0.776 bits per heavy atom. The van der Waals surface area contributed by atoms with E-state index in [1.807, 2.05) is 0 Å². The first-order valence-corrected chi connectivity index (χ1v) is 28.7. The van der Waals surface area contributed by atoms with Crippen LogP contribution >= 0.6 is 14.5 Å². The molecule has 11 nitrogen and oxygen atoms in total. The maximum Gasteiger partial charge on any atom is 0.295 e. The van der Waals surface area contributed by atoms with E-state index >= 15 is 0 Å². The Bertz CT molecular complexity index is 1050. The Morgan fingerprint density at radius 2 is 0.655 bits per heavy atom. The zero-order chi connectivity index (χ0) is 45.3. The van der Waals surface area contributed by atoms with Crippen molar-refractivity contribution in [1.82, 2.24) is 0 Å². The summed E-state index contributed by atoms with van der Waals surface area (Å²) in [7, 11) is -6.12. The first-order chi connectivity index (χ1) is 27.6. The first kappa shape index (κ1) is 63.4. The lowest BCUT2D eigenvalue weighted by Crippen LogP contribution is -2.29. The molecule has 1 aromatic carbocycles. The van der Waals surface area contributed by atoms with E-state index in [2.05, 4.69) is 55.4 Å². The van der Waals surface area contributed by atoms with Gasteiger partial charge in [0, 0.05) is 25.7 Å². The molecule has 0 spiro atoms. The van der Waals surface area contributed by atoms with E-state index in [1.165, 1.54) is 103 Å². The molecular weight excluding hydrogens is 798 g/mol. The van der Waals surface area contributed by atoms with Crippen molar-refractivity contribution in [3.05, 3.63) is 29.3 Å². The molecule has 0 fully saturated rings. The third-order valence-corrected chi connectivity index (χ3v) is 20.9. The van der Waals surface area contributed by atoms with Gasteiger partial charge in [-0.1, -0.05) is 125 Å². The summed E-state index contributed by atoms with van der Waals surface area (Å²) >= 11 is 0. The van der Waals surface area contributed by atoms with Crippen LogP contribution in [-0.2, 0) is 10.1 Å². The predicted octanol–water partition coefficient (Wildman–Crippen LogP) is 8.01. The summed E-state index contributed by atoms with van der Waals surface area (Å²) in [4.78, 5) is 19.8. The lowest BCUT2D eigenvalue weighted by molar-refractivity contribution is -0.255. The molecule has 0 heterocycles. The molecule has 0 atom stereocenters. The van der Waals surface area contributed by atoms with Crippen LogP contribution in [0.5, 0.6) is 0 Å². The van der Waals surface area contributed by atoms with Gasteiger partial charge >= 0.3 is 0 Å². The normalized spacial score (nSPS) is 11.1. The maximum atomic E-state index is 10.9. The van der Waals surface area contributed by atoms with Gasteiger partial charge in [0.25, 0.3) is 10.1 Å². The molecule has 1 rings (SSSR count). The average Bonchev–Trinajstić information content (AvgIpc) is 3.22. The molecule has 346 valence electrons. The molecule has 0 bridgehead atoms. The molecule has 0 aromatic heterocycles. The van der Waals surface area contributed by atoms with Crippen molar-refractivity contribution in [2.24, 2.45) is 0 Å². The molecule has 0 saturated heterocycles. The predicted molar refractivity (Wildman–Crippen MR) is 245 cm³/mol. The number of rotatable bonds is 29. The minimum atomic E-state index is -5.00. The third-order valence-electron chi connectivity index (χ3n) is 9.80. The number of carboxylic acids is 2. The summed E-state index contributed by atoms with van der Waals surface area (Å²) in [5.74, 6) is -3.84. The SMILES string of the molecule is CCCC[P+](CCCC)(CCCC)CCCC.CCCC[P+](CCCC)(CCCC)CCCC.O=C([O-])c1cccc(C(=O)[O-])c1S(=O)(=O)O.OCCO.OCCO. The fourth-order valence-corrected chi connectivity index (χ4v) is 17.9. The van der Waals surface area contributed by atoms with Crippen molar-refractivity contribution in [2.75, 3.05) is 75.7 Å². The summed E-state index contributed by atoms with van der Waals surface area (Å²) < 4.78 is 30.5. The highest BCUT2D eigenvalue weighted by molar-refractivity contribution is 7.86. The van der Waals surface area contributed by atoms with Crippen LogP contribution in [0.4, 0.5) is 0 Å². The molecule has 0 aliphatic carbocycles. The number of unbranched alkanes of at least 4 members (excludes halogenated alkanes) is 8. The third kappa shape index (κ3) is 33.5. The highest BCUT2D eigenvalue weighted by atomic mass is 32.2. The molecular formula is C44H88O11P2S. The Morgan fingerprint density at radius 1 is 0.466 bits per heavy atom. The van der Waals surface area contributed by atoms with Crippen LogP contribution in [0.3, 0.4) is 0 Å². The van der Waals surface area contributed by atoms with Gasteiger partial charge < -0.3 is 40.2 Å². The van der Waals surface area contributed by atoms with Crippen molar-refractivity contribution < 1.29 is 53.2 Å². The summed E-state index contributed by atoms with van der Waals surface area (Å²) in [5, 5.41) is 51.6. The molecule has 5 N–H and O–H groups in total. The van der Waals surface area contributed by atoms with Gasteiger partial charge in [-0.2, -0.15) is 8.42 Å². The standard InChI is InChI=1S/2C16H36P.C8H6O7S.2C2H6O2/c2*1-5-9-13-17(14-10-6-2,15-11-7-3)16-12-8-4;9-7(10)4-2-1-3-5(8(11)12)6(4)16(13,14)15;2*3-1-2-4/h2*5-16H2,1-4H3;1-3H,(H,9,10)(H,11,12)(H,13,14,15);2*3-4H,1-2H2/q2*+1;;;/p-2. The van der Waals surface area contributed by atoms with Gasteiger partial charge in [-0.15, -0.1) is 0 Å². The minimum Gasteiger partial charge on any atom is -0.545 e. The lowest BCUT2D eigenvalue weighted by atomic mass is 10.1. The monoisotopic (exact) mass is 887 g/mol. The van der Waals surface area contributed by atoms with Crippen molar-refractivity contribution >= 4 is 36.6 Å². The minimum absolute atomic E-state index is 0.125. The molecule has 1 aromatic rings. The number of hydrogen-bond donors (Lipinski definition) is 5. The van der Waals surface area contributed by atoms with E-state index in [1.54, 1.807) is 49.3 Å². The largest absolute Gasteiger partial charge is 0.545 e. The number of hydrogen-bond acceptors (Lipinski definition) is 10. The van der Waals surface area contributed by atoms with Crippen molar-refractivity contribution in [2.45, 2.75) is 163 Å². The average molecular weight is 887 g/mol. The number of aliphatic hydroxyl groups is 4. The number of carboxylic acid groups (broad SMARTS) is 2. The van der Waals surface area contributed by atoms with E-state index in [9.17, 15) is 28.2 Å². The van der Waals surface area contributed by atoms with Crippen LogP contribution in [-0.4, -0.2) is 121 Å². The fraction of sp³-hybridized carbons (Fsp3) is 0.818. The van der Waals surface area contributed by atoms with Crippen LogP contribution in [0.1, 0.15) is 179 Å². The Hall–Kier alpha value is -1.23. The van der Waals surface area contributed by atoms with E-state index < -0.39 is 52.6 Å². The van der Waals surface area contributed by atoms with Crippen LogP contribution < -0.4 is 10.2 Å². The Balaban J connectivity index is -0.000000344. The van der Waals surface area contributed by atoms with Crippen LogP contribution in [0.2, 0.25) is 0 Å². The van der Waals surface area contributed by atoms with Crippen molar-refractivity contribution in [3.8, 4) is 0 Å². The molecule has 14 heteroatoms. The van der Waals surface area contributed by atoms with Gasteiger partial charge in [-0.3, -0.25) is 4.55 Å². The van der Waals surface area contributed by atoms with Crippen LogP contribution in [0.25, 0.3) is 0 Å². The highest BCUT2D eigenvalue weighted by Crippen LogP contribution is 2.62. The molecule has 0 aliphatic heterocycles. The van der Waals surface area contributed by atoms with Gasteiger partial charge in [-0.25, -0.2) is 0 Å². The second-order valence-corrected chi connectivity index (χ2v) is 25.2. The zero-order valence-corrected chi connectivity index (χ0v) is 40.6. The lowest BCUT2D eigenvalue weighted by Gasteiger charge is -2.28. The van der Waals surface area contributed by atoms with Gasteiger partial charge in [-0.05, 0) is 51.4 Å². The molecule has 0 radical (unpaired) electrons. The number of benzene rings is 1. The Labute approximate surface area is 356 Å². The van der Waals surface area contributed by atoms with Gasteiger partial charge in [0.1, 0.15) is 4.90 Å². The number of carbonyl (C=O) groups excluding carboxylic acids is 2.